The third-order valence-electron chi connectivity index (χ3n) is 6.29. The fourth-order valence-electron chi connectivity index (χ4n) is 4.49. The number of aromatic nitrogens is 1. The molecule has 3 atom stereocenters. The molecule has 3 fully saturated rings. The van der Waals surface area contributed by atoms with E-state index in [4.69, 9.17) is 34.0 Å². The summed E-state index contributed by atoms with van der Waals surface area (Å²) < 4.78 is 81.4. The highest BCUT2D eigenvalue weighted by atomic mass is 19.4. The molecule has 4 rings (SSSR count). The summed E-state index contributed by atoms with van der Waals surface area (Å²) in [6.07, 6.45) is -5.01. The standard InChI is InChI=1S/C20H30N2O3.2C2HF3O2/c1-15-4-2-5-17(21-15)14-25-19-13-22(12-16-7-10-23-11-8-16)18-6-3-9-24-20(18)19;2*3-2(4,5)1(6)7/h2,4-5,16,18-20H,3,6-14H2,1H3;2*(H,6,7)/t18-,19+,20+;;/m1../s1. The van der Waals surface area contributed by atoms with Gasteiger partial charge in [0, 0.05) is 44.6 Å². The van der Waals surface area contributed by atoms with Gasteiger partial charge < -0.3 is 24.4 Å². The van der Waals surface area contributed by atoms with E-state index in [-0.39, 0.29) is 12.2 Å². The number of nitrogens with zero attached hydrogens (tertiary/aromatic N) is 2. The zero-order valence-corrected chi connectivity index (χ0v) is 21.2. The van der Waals surface area contributed by atoms with Crippen molar-refractivity contribution in [2.24, 2.45) is 5.92 Å². The van der Waals surface area contributed by atoms with Crippen molar-refractivity contribution in [1.82, 2.24) is 9.88 Å². The molecule has 2 N–H and O–H groups in total. The fourth-order valence-corrected chi connectivity index (χ4v) is 4.49. The zero-order valence-electron chi connectivity index (χ0n) is 21.2. The van der Waals surface area contributed by atoms with Gasteiger partial charge in [0.1, 0.15) is 6.10 Å². The maximum atomic E-state index is 10.6. The van der Waals surface area contributed by atoms with Crippen LogP contribution in [0.4, 0.5) is 26.3 Å². The van der Waals surface area contributed by atoms with Gasteiger partial charge in [-0.15, -0.1) is 0 Å². The van der Waals surface area contributed by atoms with Gasteiger partial charge in [-0.2, -0.15) is 26.3 Å². The van der Waals surface area contributed by atoms with Gasteiger partial charge in [-0.1, -0.05) is 6.07 Å². The lowest BCUT2D eigenvalue weighted by molar-refractivity contribution is -0.193. The van der Waals surface area contributed by atoms with Gasteiger partial charge >= 0.3 is 24.3 Å². The summed E-state index contributed by atoms with van der Waals surface area (Å²) in [5.41, 5.74) is 2.05. The van der Waals surface area contributed by atoms with Gasteiger partial charge in [-0.25, -0.2) is 9.59 Å². The number of carbonyl (C=O) groups is 2. The molecule has 0 aromatic carbocycles. The van der Waals surface area contributed by atoms with Crippen molar-refractivity contribution >= 4 is 11.9 Å². The molecule has 9 nitrogen and oxygen atoms in total. The Hall–Kier alpha value is -2.49. The second kappa shape index (κ2) is 14.8. The van der Waals surface area contributed by atoms with E-state index in [1.165, 1.54) is 19.3 Å². The Bertz CT molecular complexity index is 901. The van der Waals surface area contributed by atoms with Crippen LogP contribution >= 0.6 is 0 Å². The number of aliphatic carboxylic acids is 2. The number of likely N-dealkylation sites (tertiary alicyclic amines) is 1. The third kappa shape index (κ3) is 11.3. The first kappa shape index (κ1) is 32.7. The number of ether oxygens (including phenoxy) is 3. The fraction of sp³-hybridized carbons (Fsp3) is 0.708. The quantitative estimate of drug-likeness (QED) is 0.506. The van der Waals surface area contributed by atoms with Crippen LogP contribution in [-0.2, 0) is 30.4 Å². The first-order valence-electron chi connectivity index (χ1n) is 12.3. The Kier molecular flexibility index (Phi) is 12.4. The molecular formula is C24H32F6N2O7. The van der Waals surface area contributed by atoms with Crippen molar-refractivity contribution < 1.29 is 60.4 Å². The Morgan fingerprint density at radius 2 is 1.62 bits per heavy atom. The zero-order chi connectivity index (χ0) is 29.2. The second-order valence-electron chi connectivity index (χ2n) is 9.28. The van der Waals surface area contributed by atoms with Crippen molar-refractivity contribution in [2.45, 2.75) is 69.8 Å². The molecule has 3 aliphatic heterocycles. The van der Waals surface area contributed by atoms with Crippen molar-refractivity contribution in [3.8, 4) is 0 Å². The SMILES string of the molecule is Cc1cccc(CO[C@H]2CN(CC3CCOCC3)[C@@H]3CCCO[C@H]23)n1.O=C(O)C(F)(F)F.O=C(O)C(F)(F)F. The molecule has 0 saturated carbocycles. The monoisotopic (exact) mass is 574 g/mol. The minimum Gasteiger partial charge on any atom is -0.475 e. The number of hydrogen-bond acceptors (Lipinski definition) is 7. The van der Waals surface area contributed by atoms with Gasteiger partial charge in [-0.3, -0.25) is 9.88 Å². The first-order valence-corrected chi connectivity index (χ1v) is 12.3. The van der Waals surface area contributed by atoms with Crippen LogP contribution in [0.2, 0.25) is 0 Å². The highest BCUT2D eigenvalue weighted by molar-refractivity contribution is 5.73. The number of aryl methyl sites for hydroxylation is 1. The molecule has 3 saturated heterocycles. The predicted molar refractivity (Wildman–Crippen MR) is 123 cm³/mol. The Labute approximate surface area is 221 Å². The van der Waals surface area contributed by atoms with Gasteiger partial charge in [-0.05, 0) is 50.7 Å². The summed E-state index contributed by atoms with van der Waals surface area (Å²) in [7, 11) is 0. The van der Waals surface area contributed by atoms with Gasteiger partial charge in [0.05, 0.1) is 18.4 Å². The number of alkyl halides is 6. The highest BCUT2D eigenvalue weighted by Gasteiger charge is 2.45. The third-order valence-corrected chi connectivity index (χ3v) is 6.29. The molecule has 222 valence electrons. The Morgan fingerprint density at radius 3 is 2.15 bits per heavy atom. The van der Waals surface area contributed by atoms with Crippen LogP contribution in [-0.4, -0.2) is 95.5 Å². The number of rotatable bonds is 5. The van der Waals surface area contributed by atoms with E-state index < -0.39 is 24.3 Å². The largest absolute Gasteiger partial charge is 0.490 e. The first-order chi connectivity index (χ1) is 18.2. The molecule has 0 spiro atoms. The molecule has 1 aromatic heterocycles. The molecule has 39 heavy (non-hydrogen) atoms. The molecule has 0 unspecified atom stereocenters. The molecule has 15 heteroatoms. The molecule has 0 bridgehead atoms. The summed E-state index contributed by atoms with van der Waals surface area (Å²) in [5, 5.41) is 14.2. The topological polar surface area (TPSA) is 118 Å². The van der Waals surface area contributed by atoms with E-state index in [2.05, 4.69) is 9.88 Å². The van der Waals surface area contributed by atoms with Crippen LogP contribution in [0.5, 0.6) is 0 Å². The Morgan fingerprint density at radius 1 is 1.03 bits per heavy atom. The molecule has 0 aliphatic carbocycles. The molecular weight excluding hydrogens is 542 g/mol. The van der Waals surface area contributed by atoms with Crippen LogP contribution in [0.25, 0.3) is 0 Å². The number of pyridine rings is 1. The number of hydrogen-bond donors (Lipinski definition) is 2. The van der Waals surface area contributed by atoms with Crippen LogP contribution in [0.15, 0.2) is 18.2 Å². The minimum atomic E-state index is -5.08. The van der Waals surface area contributed by atoms with E-state index >= 15 is 0 Å². The van der Waals surface area contributed by atoms with Crippen molar-refractivity contribution in [3.05, 3.63) is 29.6 Å². The molecule has 4 heterocycles. The maximum absolute atomic E-state index is 10.6. The summed E-state index contributed by atoms with van der Waals surface area (Å²) >= 11 is 0. The normalized spacial score (nSPS) is 24.0. The van der Waals surface area contributed by atoms with Gasteiger partial charge in [0.15, 0.2) is 0 Å². The van der Waals surface area contributed by atoms with Crippen LogP contribution in [0, 0.1) is 12.8 Å². The second-order valence-corrected chi connectivity index (χ2v) is 9.28. The lowest BCUT2D eigenvalue weighted by atomic mass is 9.97. The molecule has 1 aromatic rings. The average Bonchev–Trinajstić information content (AvgIpc) is 3.20. The predicted octanol–water partition coefficient (Wildman–Crippen LogP) is 3.83. The summed E-state index contributed by atoms with van der Waals surface area (Å²) in [6.45, 7) is 7.45. The maximum Gasteiger partial charge on any atom is 0.490 e. The number of halogens is 6. The summed E-state index contributed by atoms with van der Waals surface area (Å²) in [6, 6.07) is 6.63. The smallest absolute Gasteiger partial charge is 0.475 e. The Balaban J connectivity index is 0.000000317. The van der Waals surface area contributed by atoms with Crippen LogP contribution in [0.1, 0.15) is 37.1 Å². The van der Waals surface area contributed by atoms with E-state index in [1.54, 1.807) is 0 Å². The molecule has 0 radical (unpaired) electrons. The van der Waals surface area contributed by atoms with Crippen molar-refractivity contribution in [2.75, 3.05) is 32.9 Å². The lowest BCUT2D eigenvalue weighted by Crippen LogP contribution is -2.43. The van der Waals surface area contributed by atoms with E-state index in [1.807, 2.05) is 25.1 Å². The van der Waals surface area contributed by atoms with Gasteiger partial charge in [0.2, 0.25) is 0 Å². The minimum absolute atomic E-state index is 0.160. The van der Waals surface area contributed by atoms with Crippen molar-refractivity contribution in [3.63, 3.8) is 0 Å². The summed E-state index contributed by atoms with van der Waals surface area (Å²) in [4.78, 5) is 25.0. The van der Waals surface area contributed by atoms with Crippen LogP contribution in [0.3, 0.4) is 0 Å². The van der Waals surface area contributed by atoms with Gasteiger partial charge in [0.25, 0.3) is 0 Å². The van der Waals surface area contributed by atoms with Crippen LogP contribution < -0.4 is 0 Å². The number of fused-ring (bicyclic) bond motifs is 1. The van der Waals surface area contributed by atoms with Crippen molar-refractivity contribution in [1.29, 1.82) is 0 Å². The molecule has 3 aliphatic rings. The lowest BCUT2D eigenvalue weighted by Gasteiger charge is -2.34. The highest BCUT2D eigenvalue weighted by Crippen LogP contribution is 2.32. The number of carboxylic acids is 2. The molecule has 0 amide bonds. The van der Waals surface area contributed by atoms with E-state index in [0.717, 1.165) is 56.6 Å². The summed E-state index contributed by atoms with van der Waals surface area (Å²) in [5.74, 6) is -4.76. The average molecular weight is 575 g/mol. The number of carboxylic acid groups (broad SMARTS) is 2. The van der Waals surface area contributed by atoms with E-state index in [9.17, 15) is 26.3 Å². The van der Waals surface area contributed by atoms with E-state index in [0.29, 0.717) is 12.6 Å².